The van der Waals surface area contributed by atoms with Crippen LogP contribution in [0, 0.1) is 13.8 Å². The van der Waals surface area contributed by atoms with Crippen molar-refractivity contribution in [3.05, 3.63) is 32.8 Å². The summed E-state index contributed by atoms with van der Waals surface area (Å²) in [7, 11) is 0. The summed E-state index contributed by atoms with van der Waals surface area (Å²) in [4.78, 5) is 0. The third kappa shape index (κ3) is 1.53. The Kier molecular flexibility index (Phi) is 2.37. The first-order chi connectivity index (χ1) is 4.61. The maximum absolute atomic E-state index is 5.87. The topological polar surface area (TPSA) is 0 Å². The first-order valence-electron chi connectivity index (χ1n) is 3.03. The van der Waals surface area contributed by atoms with Crippen molar-refractivity contribution in [1.29, 1.82) is 0 Å². The average molecular weight is 220 g/mol. The van der Waals surface area contributed by atoms with E-state index in [-0.39, 0.29) is 0 Å². The Morgan fingerprint density at radius 3 is 2.40 bits per heavy atom. The van der Waals surface area contributed by atoms with Gasteiger partial charge in [-0.1, -0.05) is 17.7 Å². The van der Waals surface area contributed by atoms with Crippen LogP contribution in [0.2, 0.25) is 5.02 Å². The van der Waals surface area contributed by atoms with Crippen molar-refractivity contribution >= 4 is 27.5 Å². The highest BCUT2D eigenvalue weighted by Crippen LogP contribution is 2.26. The number of hydrogen-bond donors (Lipinski definition) is 0. The molecule has 0 unspecified atom stereocenters. The molecule has 2 heteroatoms. The molecule has 0 saturated carbocycles. The number of rotatable bonds is 0. The highest BCUT2D eigenvalue weighted by Gasteiger charge is 1.99. The van der Waals surface area contributed by atoms with Gasteiger partial charge < -0.3 is 0 Å². The van der Waals surface area contributed by atoms with Crippen LogP contribution in [0.5, 0.6) is 0 Å². The molecule has 0 aliphatic heterocycles. The Labute approximate surface area is 74.3 Å². The summed E-state index contributed by atoms with van der Waals surface area (Å²) in [6.45, 7) is 4.06. The van der Waals surface area contributed by atoms with Crippen LogP contribution in [0.3, 0.4) is 0 Å². The number of aryl methyl sites for hydroxylation is 2. The van der Waals surface area contributed by atoms with Crippen molar-refractivity contribution in [1.82, 2.24) is 0 Å². The van der Waals surface area contributed by atoms with Gasteiger partial charge in [0.2, 0.25) is 0 Å². The molecule has 0 aromatic heterocycles. The smallest absolute Gasteiger partial charge is 0.0553 e. The lowest BCUT2D eigenvalue weighted by atomic mass is 10.2. The van der Waals surface area contributed by atoms with E-state index < -0.39 is 0 Å². The lowest BCUT2D eigenvalue weighted by molar-refractivity contribution is 1.36. The molecule has 0 N–H and O–H groups in total. The highest BCUT2D eigenvalue weighted by molar-refractivity contribution is 9.10. The third-order valence-electron chi connectivity index (χ3n) is 1.35. The van der Waals surface area contributed by atoms with Crippen LogP contribution in [0.15, 0.2) is 16.6 Å². The molecular weight excluding hydrogens is 211 g/mol. The van der Waals surface area contributed by atoms with Crippen molar-refractivity contribution in [2.75, 3.05) is 0 Å². The van der Waals surface area contributed by atoms with Crippen LogP contribution in [0.4, 0.5) is 0 Å². The van der Waals surface area contributed by atoms with Gasteiger partial charge in [-0.3, -0.25) is 0 Å². The summed E-state index contributed by atoms with van der Waals surface area (Å²) < 4.78 is 1.000. The fourth-order valence-corrected chi connectivity index (χ4v) is 1.45. The molecule has 0 saturated heterocycles. The molecular formula is C8H8BrCl. The fraction of sp³-hybridized carbons (Fsp3) is 0.250. The molecule has 0 fully saturated rings. The summed E-state index contributed by atoms with van der Waals surface area (Å²) in [5, 5.41) is 0.789. The molecule has 0 atom stereocenters. The second kappa shape index (κ2) is 2.93. The van der Waals surface area contributed by atoms with Gasteiger partial charge in [0.1, 0.15) is 0 Å². The Bertz CT molecular complexity index is 232. The molecule has 54 valence electrons. The Hall–Kier alpha value is -0.0100. The van der Waals surface area contributed by atoms with E-state index in [0.29, 0.717) is 0 Å². The first-order valence-corrected chi connectivity index (χ1v) is 4.20. The quantitative estimate of drug-likeness (QED) is 0.624. The Morgan fingerprint density at radius 2 is 1.90 bits per heavy atom. The summed E-state index contributed by atoms with van der Waals surface area (Å²) in [5.74, 6) is 0. The third-order valence-corrected chi connectivity index (χ3v) is 2.93. The van der Waals surface area contributed by atoms with Crippen LogP contribution in [0.25, 0.3) is 0 Å². The van der Waals surface area contributed by atoms with Gasteiger partial charge in [-0.25, -0.2) is 0 Å². The minimum Gasteiger partial charge on any atom is -0.0831 e. The molecule has 1 rings (SSSR count). The van der Waals surface area contributed by atoms with Gasteiger partial charge in [-0.15, -0.1) is 0 Å². The molecule has 0 bridgehead atoms. The van der Waals surface area contributed by atoms with Gasteiger partial charge in [-0.2, -0.15) is 0 Å². The van der Waals surface area contributed by atoms with E-state index in [2.05, 4.69) is 22.0 Å². The summed E-state index contributed by atoms with van der Waals surface area (Å²) >= 11 is 9.25. The van der Waals surface area contributed by atoms with Crippen LogP contribution in [-0.2, 0) is 0 Å². The molecule has 1 aromatic carbocycles. The second-order valence-corrected chi connectivity index (χ2v) is 3.58. The standard InChI is InChI=1S/C8H8BrCl/c1-5-3-6(2)8(9)7(10)4-5/h3-4H,1-2H3. The van der Waals surface area contributed by atoms with E-state index in [1.54, 1.807) is 0 Å². The molecule has 0 heterocycles. The zero-order chi connectivity index (χ0) is 7.72. The zero-order valence-corrected chi connectivity index (χ0v) is 8.25. The molecule has 0 amide bonds. The minimum atomic E-state index is 0.789. The van der Waals surface area contributed by atoms with Crippen molar-refractivity contribution in [3.8, 4) is 0 Å². The van der Waals surface area contributed by atoms with Crippen molar-refractivity contribution in [3.63, 3.8) is 0 Å². The predicted octanol–water partition coefficient (Wildman–Crippen LogP) is 3.72. The van der Waals surface area contributed by atoms with Crippen LogP contribution in [0.1, 0.15) is 11.1 Å². The monoisotopic (exact) mass is 218 g/mol. The van der Waals surface area contributed by atoms with Gasteiger partial charge in [0.25, 0.3) is 0 Å². The zero-order valence-electron chi connectivity index (χ0n) is 5.91. The number of halogens is 2. The molecule has 0 spiro atoms. The average Bonchev–Trinajstić information content (AvgIpc) is 1.82. The predicted molar refractivity (Wildman–Crippen MR) is 48.6 cm³/mol. The van der Waals surface area contributed by atoms with E-state index in [1.165, 1.54) is 11.1 Å². The van der Waals surface area contributed by atoms with Crippen molar-refractivity contribution < 1.29 is 0 Å². The van der Waals surface area contributed by atoms with Gasteiger partial charge in [0.15, 0.2) is 0 Å². The van der Waals surface area contributed by atoms with E-state index in [4.69, 9.17) is 11.6 Å². The SMILES string of the molecule is Cc1cc(C)c(Br)c(Cl)c1. The van der Waals surface area contributed by atoms with Crippen LogP contribution >= 0.6 is 27.5 Å². The van der Waals surface area contributed by atoms with Gasteiger partial charge >= 0.3 is 0 Å². The van der Waals surface area contributed by atoms with Crippen molar-refractivity contribution in [2.24, 2.45) is 0 Å². The maximum atomic E-state index is 5.87. The van der Waals surface area contributed by atoms with E-state index in [1.807, 2.05) is 19.9 Å². The maximum Gasteiger partial charge on any atom is 0.0553 e. The fourth-order valence-electron chi connectivity index (χ4n) is 0.898. The second-order valence-electron chi connectivity index (χ2n) is 2.38. The molecule has 0 aliphatic carbocycles. The highest BCUT2D eigenvalue weighted by atomic mass is 79.9. The first kappa shape index (κ1) is 8.09. The van der Waals surface area contributed by atoms with Gasteiger partial charge in [0, 0.05) is 4.47 Å². The molecule has 0 aliphatic rings. The molecule has 0 radical (unpaired) electrons. The van der Waals surface area contributed by atoms with E-state index in [9.17, 15) is 0 Å². The van der Waals surface area contributed by atoms with Crippen LogP contribution in [-0.4, -0.2) is 0 Å². The van der Waals surface area contributed by atoms with Gasteiger partial charge in [-0.05, 0) is 47.0 Å². The minimum absolute atomic E-state index is 0.789. The number of benzene rings is 1. The van der Waals surface area contributed by atoms with Crippen molar-refractivity contribution in [2.45, 2.75) is 13.8 Å². The largest absolute Gasteiger partial charge is 0.0831 e. The summed E-state index contributed by atoms with van der Waals surface area (Å²) in [6.07, 6.45) is 0. The summed E-state index contributed by atoms with van der Waals surface area (Å²) in [6, 6.07) is 4.04. The molecule has 10 heavy (non-hydrogen) atoms. The van der Waals surface area contributed by atoms with Gasteiger partial charge in [0.05, 0.1) is 5.02 Å². The summed E-state index contributed by atoms with van der Waals surface area (Å²) in [5.41, 5.74) is 2.38. The van der Waals surface area contributed by atoms with Crippen LogP contribution < -0.4 is 0 Å². The lowest BCUT2D eigenvalue weighted by Gasteiger charge is -2.01. The molecule has 0 nitrogen and oxygen atoms in total. The van der Waals surface area contributed by atoms with E-state index >= 15 is 0 Å². The lowest BCUT2D eigenvalue weighted by Crippen LogP contribution is -1.79. The number of hydrogen-bond acceptors (Lipinski definition) is 0. The Morgan fingerprint density at radius 1 is 1.30 bits per heavy atom. The normalized spacial score (nSPS) is 10.0. The molecule has 1 aromatic rings. The Balaban J connectivity index is 3.31. The van der Waals surface area contributed by atoms with E-state index in [0.717, 1.165) is 9.50 Å².